The summed E-state index contributed by atoms with van der Waals surface area (Å²) in [5.41, 5.74) is 1.74. The van der Waals surface area contributed by atoms with Crippen LogP contribution in [0.2, 0.25) is 0 Å². The second kappa shape index (κ2) is 4.40. The van der Waals surface area contributed by atoms with Crippen molar-refractivity contribution in [1.82, 2.24) is 14.5 Å². The molecule has 0 radical (unpaired) electrons. The van der Waals surface area contributed by atoms with Crippen LogP contribution in [0, 0.1) is 5.92 Å². The summed E-state index contributed by atoms with van der Waals surface area (Å²) in [6, 6.07) is 3.79. The Balaban J connectivity index is 1.96. The molecule has 94 valence electrons. The number of carbonyl (C=O) groups is 1. The van der Waals surface area contributed by atoms with Gasteiger partial charge in [0.15, 0.2) is 5.65 Å². The quantitative estimate of drug-likeness (QED) is 0.873. The van der Waals surface area contributed by atoms with Crippen molar-refractivity contribution >= 4 is 17.1 Å². The third-order valence-electron chi connectivity index (χ3n) is 3.28. The molecule has 2 heterocycles. The molecular weight excluding hydrogens is 230 g/mol. The summed E-state index contributed by atoms with van der Waals surface area (Å²) in [6.07, 6.45) is 4.86. The van der Waals surface area contributed by atoms with Crippen molar-refractivity contribution in [3.05, 3.63) is 24.2 Å². The van der Waals surface area contributed by atoms with E-state index in [0.29, 0.717) is 12.3 Å². The fourth-order valence-electron chi connectivity index (χ4n) is 2.17. The molecule has 1 fully saturated rings. The van der Waals surface area contributed by atoms with Crippen LogP contribution in [0.3, 0.4) is 0 Å². The lowest BCUT2D eigenvalue weighted by Crippen LogP contribution is -2.08. The molecule has 5 heteroatoms. The highest BCUT2D eigenvalue weighted by atomic mass is 16.4. The topological polar surface area (TPSA) is 68.0 Å². The molecule has 0 spiro atoms. The molecule has 0 amide bonds. The van der Waals surface area contributed by atoms with Gasteiger partial charge < -0.3 is 9.67 Å². The molecule has 3 rings (SSSR count). The van der Waals surface area contributed by atoms with Crippen molar-refractivity contribution in [3.8, 4) is 0 Å². The fourth-order valence-corrected chi connectivity index (χ4v) is 2.17. The zero-order valence-electron chi connectivity index (χ0n) is 10.0. The molecular formula is C13H15N3O2. The Morgan fingerprint density at radius 3 is 3.06 bits per heavy atom. The molecule has 2 aromatic heterocycles. The minimum absolute atomic E-state index is 0.119. The van der Waals surface area contributed by atoms with E-state index in [1.807, 2.05) is 12.1 Å². The van der Waals surface area contributed by atoms with Crippen molar-refractivity contribution in [1.29, 1.82) is 0 Å². The highest BCUT2D eigenvalue weighted by molar-refractivity contribution is 5.71. The molecule has 1 aliphatic rings. The van der Waals surface area contributed by atoms with Crippen LogP contribution < -0.4 is 0 Å². The van der Waals surface area contributed by atoms with Crippen LogP contribution in [0.5, 0.6) is 0 Å². The van der Waals surface area contributed by atoms with Gasteiger partial charge in [-0.2, -0.15) is 0 Å². The number of aliphatic carboxylic acids is 1. The van der Waals surface area contributed by atoms with Crippen LogP contribution in [0.1, 0.15) is 25.1 Å². The third kappa shape index (κ3) is 2.20. The zero-order valence-corrected chi connectivity index (χ0v) is 10.0. The second-order valence-electron chi connectivity index (χ2n) is 4.82. The summed E-state index contributed by atoms with van der Waals surface area (Å²) in [4.78, 5) is 19.5. The van der Waals surface area contributed by atoms with Crippen LogP contribution in [-0.4, -0.2) is 25.6 Å². The van der Waals surface area contributed by atoms with Crippen LogP contribution >= 0.6 is 0 Å². The number of rotatable bonds is 5. The van der Waals surface area contributed by atoms with Gasteiger partial charge in [-0.3, -0.25) is 4.79 Å². The Bertz CT molecular complexity index is 587. The van der Waals surface area contributed by atoms with Gasteiger partial charge in [-0.25, -0.2) is 9.97 Å². The Kier molecular flexibility index (Phi) is 2.74. The summed E-state index contributed by atoms with van der Waals surface area (Å²) in [5, 5.41) is 8.78. The van der Waals surface area contributed by atoms with Crippen LogP contribution in [0.4, 0.5) is 0 Å². The van der Waals surface area contributed by atoms with Gasteiger partial charge in [-0.05, 0) is 30.9 Å². The monoisotopic (exact) mass is 245 g/mol. The number of nitrogens with zero attached hydrogens (tertiary/aromatic N) is 3. The van der Waals surface area contributed by atoms with E-state index in [1.54, 1.807) is 6.20 Å². The largest absolute Gasteiger partial charge is 0.481 e. The maximum Gasteiger partial charge on any atom is 0.303 e. The number of pyridine rings is 1. The van der Waals surface area contributed by atoms with Gasteiger partial charge >= 0.3 is 5.97 Å². The summed E-state index contributed by atoms with van der Waals surface area (Å²) in [7, 11) is 0. The molecule has 0 unspecified atom stereocenters. The van der Waals surface area contributed by atoms with Crippen molar-refractivity contribution in [3.63, 3.8) is 0 Å². The van der Waals surface area contributed by atoms with Gasteiger partial charge in [0, 0.05) is 19.2 Å². The summed E-state index contributed by atoms with van der Waals surface area (Å²) in [5.74, 6) is 0.777. The Hall–Kier alpha value is -1.91. The van der Waals surface area contributed by atoms with E-state index in [9.17, 15) is 4.79 Å². The summed E-state index contributed by atoms with van der Waals surface area (Å²) in [6.45, 7) is 0.919. The Morgan fingerprint density at radius 2 is 2.33 bits per heavy atom. The van der Waals surface area contributed by atoms with E-state index in [1.165, 1.54) is 12.8 Å². The summed E-state index contributed by atoms with van der Waals surface area (Å²) >= 11 is 0. The summed E-state index contributed by atoms with van der Waals surface area (Å²) < 4.78 is 2.09. The molecule has 0 aliphatic heterocycles. The molecule has 18 heavy (non-hydrogen) atoms. The maximum absolute atomic E-state index is 10.7. The van der Waals surface area contributed by atoms with Crippen molar-refractivity contribution < 1.29 is 9.90 Å². The lowest BCUT2D eigenvalue weighted by atomic mass is 10.3. The number of hydrogen-bond acceptors (Lipinski definition) is 3. The molecule has 0 aromatic carbocycles. The number of aryl methyl sites for hydroxylation is 1. The van der Waals surface area contributed by atoms with Gasteiger partial charge in [-0.1, -0.05) is 0 Å². The van der Waals surface area contributed by atoms with Crippen LogP contribution in [-0.2, 0) is 17.8 Å². The molecule has 0 atom stereocenters. The first kappa shape index (κ1) is 11.2. The molecule has 0 bridgehead atoms. The minimum Gasteiger partial charge on any atom is -0.481 e. The predicted octanol–water partition coefficient (Wildman–Crippen LogP) is 1.86. The molecule has 2 aromatic rings. The minimum atomic E-state index is -0.784. The fraction of sp³-hybridized carbons (Fsp3) is 0.462. The lowest BCUT2D eigenvalue weighted by molar-refractivity contribution is -0.137. The van der Waals surface area contributed by atoms with E-state index >= 15 is 0 Å². The standard InChI is InChI=1S/C13H15N3O2/c17-12(18)6-5-11-15-10-2-1-7-14-13(10)16(11)8-9-3-4-9/h1-2,7,9H,3-6,8H2,(H,17,18). The van der Waals surface area contributed by atoms with Gasteiger partial charge in [0.1, 0.15) is 11.3 Å². The number of aromatic nitrogens is 3. The molecule has 1 saturated carbocycles. The predicted molar refractivity (Wildman–Crippen MR) is 66.2 cm³/mol. The molecule has 5 nitrogen and oxygen atoms in total. The molecule has 1 aliphatic carbocycles. The van der Waals surface area contributed by atoms with Crippen LogP contribution in [0.15, 0.2) is 18.3 Å². The number of carboxylic acids is 1. The smallest absolute Gasteiger partial charge is 0.303 e. The van der Waals surface area contributed by atoms with E-state index in [-0.39, 0.29) is 6.42 Å². The van der Waals surface area contributed by atoms with Crippen molar-refractivity contribution in [2.24, 2.45) is 5.92 Å². The van der Waals surface area contributed by atoms with Crippen molar-refractivity contribution in [2.75, 3.05) is 0 Å². The highest BCUT2D eigenvalue weighted by Crippen LogP contribution is 2.32. The van der Waals surface area contributed by atoms with E-state index in [2.05, 4.69) is 14.5 Å². The third-order valence-corrected chi connectivity index (χ3v) is 3.28. The van der Waals surface area contributed by atoms with Gasteiger partial charge in [0.05, 0.1) is 6.42 Å². The zero-order chi connectivity index (χ0) is 12.5. The maximum atomic E-state index is 10.7. The average Bonchev–Trinajstić information content (AvgIpc) is 3.09. The van der Waals surface area contributed by atoms with E-state index < -0.39 is 5.97 Å². The highest BCUT2D eigenvalue weighted by Gasteiger charge is 2.24. The van der Waals surface area contributed by atoms with E-state index in [0.717, 1.165) is 23.5 Å². The molecule has 0 saturated heterocycles. The SMILES string of the molecule is O=C(O)CCc1nc2cccnc2n1CC1CC1. The Labute approximate surface area is 104 Å². The normalized spacial score (nSPS) is 15.1. The average molecular weight is 245 g/mol. The molecule has 1 N–H and O–H groups in total. The van der Waals surface area contributed by atoms with Crippen molar-refractivity contribution in [2.45, 2.75) is 32.2 Å². The Morgan fingerprint density at radius 1 is 1.50 bits per heavy atom. The lowest BCUT2D eigenvalue weighted by Gasteiger charge is -2.06. The number of fused-ring (bicyclic) bond motifs is 1. The van der Waals surface area contributed by atoms with Crippen LogP contribution in [0.25, 0.3) is 11.2 Å². The van der Waals surface area contributed by atoms with Gasteiger partial charge in [-0.15, -0.1) is 0 Å². The second-order valence-corrected chi connectivity index (χ2v) is 4.82. The van der Waals surface area contributed by atoms with Gasteiger partial charge in [0.25, 0.3) is 0 Å². The van der Waals surface area contributed by atoms with Gasteiger partial charge in [0.2, 0.25) is 0 Å². The number of carboxylic acid groups (broad SMARTS) is 1. The number of hydrogen-bond donors (Lipinski definition) is 1. The van der Waals surface area contributed by atoms with E-state index in [4.69, 9.17) is 5.11 Å². The first-order valence-electron chi connectivity index (χ1n) is 6.26. The number of imidazole rings is 1. The first-order chi connectivity index (χ1) is 8.74. The first-order valence-corrected chi connectivity index (χ1v) is 6.26.